The summed E-state index contributed by atoms with van der Waals surface area (Å²) >= 11 is 0. The van der Waals surface area contributed by atoms with Crippen LogP contribution in [0.2, 0.25) is 0 Å². The van der Waals surface area contributed by atoms with Crippen LogP contribution in [0.4, 0.5) is 10.6 Å². The fraction of sp³-hybridized carbons (Fsp3) is 0.632. The molecule has 2 fully saturated rings. The molecule has 1 atom stereocenters. The second-order valence-electron chi connectivity index (χ2n) is 7.57. The van der Waals surface area contributed by atoms with Crippen LogP contribution in [-0.4, -0.2) is 32.4 Å². The quantitative estimate of drug-likeness (QED) is 0.889. The molecular weight excluding hydrogens is 330 g/mol. The second kappa shape index (κ2) is 6.78. The van der Waals surface area contributed by atoms with E-state index in [4.69, 9.17) is 4.52 Å². The molecule has 1 saturated heterocycles. The molecule has 7 nitrogen and oxygen atoms in total. The molecule has 26 heavy (non-hydrogen) atoms. The van der Waals surface area contributed by atoms with Gasteiger partial charge in [0.05, 0.1) is 23.5 Å². The number of anilines is 1. The number of likely N-dealkylation sites (tertiary alicyclic amines) is 1. The molecule has 0 aromatic carbocycles. The molecular formula is C19H27N5O2. The molecule has 1 N–H and O–H groups in total. The number of rotatable bonds is 3. The van der Waals surface area contributed by atoms with E-state index in [1.165, 1.54) is 12.8 Å². The Morgan fingerprint density at radius 3 is 2.65 bits per heavy atom. The van der Waals surface area contributed by atoms with Crippen LogP contribution in [0, 0.1) is 20.8 Å². The molecule has 2 aromatic rings. The van der Waals surface area contributed by atoms with E-state index >= 15 is 0 Å². The third-order valence-electron chi connectivity index (χ3n) is 5.70. The van der Waals surface area contributed by atoms with Crippen molar-refractivity contribution in [3.05, 3.63) is 28.8 Å². The highest BCUT2D eigenvalue weighted by molar-refractivity contribution is 5.89. The summed E-state index contributed by atoms with van der Waals surface area (Å²) < 4.78 is 7.34. The van der Waals surface area contributed by atoms with Gasteiger partial charge in [0, 0.05) is 18.2 Å². The maximum Gasteiger partial charge on any atom is 0.323 e. The minimum Gasteiger partial charge on any atom is -0.361 e. The zero-order chi connectivity index (χ0) is 18.3. The Labute approximate surface area is 153 Å². The van der Waals surface area contributed by atoms with Crippen molar-refractivity contribution in [2.24, 2.45) is 0 Å². The number of aryl methyl sites for hydroxylation is 3. The van der Waals surface area contributed by atoms with Crippen molar-refractivity contribution in [3.63, 3.8) is 0 Å². The number of nitrogens with zero attached hydrogens (tertiary/aromatic N) is 4. The van der Waals surface area contributed by atoms with E-state index in [9.17, 15) is 4.79 Å². The highest BCUT2D eigenvalue weighted by Gasteiger charge is 2.34. The first kappa shape index (κ1) is 17.1. The maximum atomic E-state index is 13.0. The first-order chi connectivity index (χ1) is 12.5. The molecule has 3 heterocycles. The lowest BCUT2D eigenvalue weighted by Crippen LogP contribution is -2.35. The summed E-state index contributed by atoms with van der Waals surface area (Å²) in [6, 6.07) is 2.34. The summed E-state index contributed by atoms with van der Waals surface area (Å²) in [5.74, 6) is 1.61. The van der Waals surface area contributed by atoms with Gasteiger partial charge in [-0.05, 0) is 46.5 Å². The summed E-state index contributed by atoms with van der Waals surface area (Å²) in [5.41, 5.74) is 2.87. The van der Waals surface area contributed by atoms with Crippen molar-refractivity contribution in [1.82, 2.24) is 19.8 Å². The molecule has 0 radical (unpaired) electrons. The molecule has 1 aliphatic heterocycles. The van der Waals surface area contributed by atoms with E-state index in [0.717, 1.165) is 60.8 Å². The Bertz CT molecular complexity index is 783. The summed E-state index contributed by atoms with van der Waals surface area (Å²) in [5, 5.41) is 11.8. The average molecular weight is 357 g/mol. The first-order valence-corrected chi connectivity index (χ1v) is 9.61. The summed E-state index contributed by atoms with van der Waals surface area (Å²) in [4.78, 5) is 15.0. The van der Waals surface area contributed by atoms with E-state index in [1.807, 2.05) is 36.4 Å². The Kier molecular flexibility index (Phi) is 4.46. The van der Waals surface area contributed by atoms with Crippen molar-refractivity contribution in [3.8, 4) is 0 Å². The topological polar surface area (TPSA) is 76.2 Å². The molecule has 2 aromatic heterocycles. The van der Waals surface area contributed by atoms with E-state index in [2.05, 4.69) is 15.6 Å². The van der Waals surface area contributed by atoms with E-state index in [-0.39, 0.29) is 12.1 Å². The van der Waals surface area contributed by atoms with Gasteiger partial charge in [-0.1, -0.05) is 18.0 Å². The van der Waals surface area contributed by atoms with Crippen molar-refractivity contribution in [2.75, 3.05) is 11.9 Å². The molecule has 0 bridgehead atoms. The Morgan fingerprint density at radius 2 is 1.96 bits per heavy atom. The van der Waals surface area contributed by atoms with Crippen molar-refractivity contribution in [2.45, 2.75) is 71.4 Å². The van der Waals surface area contributed by atoms with Gasteiger partial charge in [-0.15, -0.1) is 0 Å². The number of hydrogen-bond acceptors (Lipinski definition) is 4. The minimum absolute atomic E-state index is 0.0326. The Hall–Kier alpha value is -2.31. The number of aromatic nitrogens is 3. The summed E-state index contributed by atoms with van der Waals surface area (Å²) in [7, 11) is 0. The fourth-order valence-corrected chi connectivity index (χ4v) is 4.49. The normalized spacial score (nSPS) is 20.9. The number of hydrogen-bond donors (Lipinski definition) is 1. The SMILES string of the molecule is Cc1cc(NC(=O)N2CCC[C@H]2c2c(C)noc2C)n(C2CCCC2)n1. The van der Waals surface area contributed by atoms with Gasteiger partial charge in [-0.25, -0.2) is 9.48 Å². The maximum absolute atomic E-state index is 13.0. The number of carbonyl (C=O) groups is 1. The zero-order valence-electron chi connectivity index (χ0n) is 15.8. The van der Waals surface area contributed by atoms with Crippen LogP contribution in [-0.2, 0) is 0 Å². The number of urea groups is 1. The average Bonchev–Trinajstić information content (AvgIpc) is 3.35. The predicted octanol–water partition coefficient (Wildman–Crippen LogP) is 4.28. The molecule has 2 aliphatic rings. The van der Waals surface area contributed by atoms with Crippen LogP contribution in [0.1, 0.15) is 73.3 Å². The van der Waals surface area contributed by atoms with Crippen LogP contribution in [0.25, 0.3) is 0 Å². The third kappa shape index (κ3) is 2.99. The molecule has 0 spiro atoms. The molecule has 140 valence electrons. The van der Waals surface area contributed by atoms with Crippen LogP contribution in [0.15, 0.2) is 10.6 Å². The largest absolute Gasteiger partial charge is 0.361 e. The van der Waals surface area contributed by atoms with Gasteiger partial charge in [-0.3, -0.25) is 5.32 Å². The second-order valence-corrected chi connectivity index (χ2v) is 7.57. The zero-order valence-corrected chi connectivity index (χ0v) is 15.8. The first-order valence-electron chi connectivity index (χ1n) is 9.61. The van der Waals surface area contributed by atoms with Crippen molar-refractivity contribution >= 4 is 11.8 Å². The Balaban J connectivity index is 1.55. The summed E-state index contributed by atoms with van der Waals surface area (Å²) in [6.45, 7) is 6.59. The number of nitrogens with one attached hydrogen (secondary N) is 1. The highest BCUT2D eigenvalue weighted by atomic mass is 16.5. The fourth-order valence-electron chi connectivity index (χ4n) is 4.49. The van der Waals surface area contributed by atoms with Gasteiger partial charge >= 0.3 is 6.03 Å². The summed E-state index contributed by atoms with van der Waals surface area (Å²) in [6.07, 6.45) is 6.67. The Morgan fingerprint density at radius 1 is 1.19 bits per heavy atom. The van der Waals surface area contributed by atoms with Gasteiger partial charge in [0.15, 0.2) is 0 Å². The molecule has 0 unspecified atom stereocenters. The van der Waals surface area contributed by atoms with Gasteiger partial charge in [0.2, 0.25) is 0 Å². The van der Waals surface area contributed by atoms with Crippen LogP contribution in [0.5, 0.6) is 0 Å². The molecule has 2 amide bonds. The van der Waals surface area contributed by atoms with Gasteiger partial charge in [-0.2, -0.15) is 5.10 Å². The van der Waals surface area contributed by atoms with Crippen LogP contribution < -0.4 is 5.32 Å². The van der Waals surface area contributed by atoms with Crippen LogP contribution in [0.3, 0.4) is 0 Å². The van der Waals surface area contributed by atoms with E-state index in [1.54, 1.807) is 0 Å². The van der Waals surface area contributed by atoms with Gasteiger partial charge < -0.3 is 9.42 Å². The molecule has 7 heteroatoms. The predicted molar refractivity (Wildman–Crippen MR) is 98.1 cm³/mol. The lowest BCUT2D eigenvalue weighted by Gasteiger charge is -2.25. The van der Waals surface area contributed by atoms with Crippen molar-refractivity contribution in [1.29, 1.82) is 0 Å². The lowest BCUT2D eigenvalue weighted by atomic mass is 10.0. The van der Waals surface area contributed by atoms with E-state index < -0.39 is 0 Å². The van der Waals surface area contributed by atoms with Crippen molar-refractivity contribution < 1.29 is 9.32 Å². The third-order valence-corrected chi connectivity index (χ3v) is 5.70. The molecule has 4 rings (SSSR count). The molecule has 1 saturated carbocycles. The lowest BCUT2D eigenvalue weighted by molar-refractivity contribution is 0.206. The molecule has 1 aliphatic carbocycles. The number of amides is 2. The van der Waals surface area contributed by atoms with Gasteiger partial charge in [0.1, 0.15) is 11.6 Å². The van der Waals surface area contributed by atoms with Crippen LogP contribution >= 0.6 is 0 Å². The van der Waals surface area contributed by atoms with Gasteiger partial charge in [0.25, 0.3) is 0 Å². The monoisotopic (exact) mass is 357 g/mol. The minimum atomic E-state index is -0.0633. The number of carbonyl (C=O) groups excluding carboxylic acids is 1. The highest BCUT2D eigenvalue weighted by Crippen LogP contribution is 2.36. The standard InChI is InChI=1S/C19H27N5O2/c1-12-11-17(24(21-12)15-7-4-5-8-15)20-19(25)23-10-6-9-16(23)18-13(2)22-26-14(18)3/h11,15-16H,4-10H2,1-3H3,(H,20,25)/t16-/m0/s1. The smallest absolute Gasteiger partial charge is 0.323 e. The van der Waals surface area contributed by atoms with E-state index in [0.29, 0.717) is 6.04 Å².